The summed E-state index contributed by atoms with van der Waals surface area (Å²) in [7, 11) is -3.45. The van der Waals surface area contributed by atoms with Crippen molar-refractivity contribution in [2.24, 2.45) is 0 Å². The zero-order valence-corrected chi connectivity index (χ0v) is 61.8. The fourth-order valence-electron chi connectivity index (χ4n) is 11.5. The number of benzene rings is 7. The van der Waals surface area contributed by atoms with Gasteiger partial charge in [-0.1, -0.05) is 288 Å². The van der Waals surface area contributed by atoms with Gasteiger partial charge in [0.15, 0.2) is 0 Å². The van der Waals surface area contributed by atoms with Crippen molar-refractivity contribution in [1.82, 2.24) is 15.4 Å². The third-order valence-corrected chi connectivity index (χ3v) is 19.9. The third-order valence-electron chi connectivity index (χ3n) is 16.8. The number of sulfonamides is 2. The van der Waals surface area contributed by atoms with Crippen molar-refractivity contribution in [1.29, 1.82) is 0 Å². The summed E-state index contributed by atoms with van der Waals surface area (Å²) in [6, 6.07) is 54.4. The molecule has 0 saturated heterocycles. The molecule has 14 heteroatoms. The fourth-order valence-corrected chi connectivity index (χ4v) is 15.2. The average Bonchev–Trinajstić information content (AvgIpc) is 0.771. The van der Waals surface area contributed by atoms with E-state index in [-0.39, 0.29) is 43.1 Å². The van der Waals surface area contributed by atoms with E-state index in [4.69, 9.17) is 14.2 Å². The Bertz CT molecular complexity index is 3600. The molecule has 1 aliphatic rings. The van der Waals surface area contributed by atoms with Gasteiger partial charge in [-0.3, -0.25) is 0 Å². The second kappa shape index (κ2) is 38.4. The summed E-state index contributed by atoms with van der Waals surface area (Å²) in [6.45, 7) is 32.6. The van der Waals surface area contributed by atoms with E-state index in [0.29, 0.717) is 55.2 Å². The molecule has 7 aromatic carbocycles. The van der Waals surface area contributed by atoms with Crippen LogP contribution >= 0.6 is 9.69 Å². The van der Waals surface area contributed by atoms with Crippen molar-refractivity contribution in [2.75, 3.05) is 32.9 Å². The Kier molecular flexibility index (Phi) is 32.3. The number of rotatable bonds is 30. The molecule has 3 N–H and O–H groups in total. The Balaban J connectivity index is 0.000000325. The van der Waals surface area contributed by atoms with E-state index in [1.807, 2.05) is 127 Å². The van der Waals surface area contributed by atoms with Crippen LogP contribution in [0.25, 0.3) is 4.72 Å². The van der Waals surface area contributed by atoms with E-state index in [1.165, 1.54) is 22.3 Å². The van der Waals surface area contributed by atoms with Gasteiger partial charge < -0.3 is 32.3 Å². The van der Waals surface area contributed by atoms with Crippen molar-refractivity contribution in [3.63, 3.8) is 0 Å². The molecular weight excluding hydrogens is 1300 g/mol. The monoisotopic (exact) mass is 1410 g/mol. The van der Waals surface area contributed by atoms with Gasteiger partial charge in [-0.25, -0.2) is 21.6 Å². The molecule has 0 heterocycles. The molecule has 0 saturated carbocycles. The second-order valence-corrected chi connectivity index (χ2v) is 29.2. The Morgan fingerprint density at radius 1 is 0.452 bits per heavy atom. The maximum atomic E-state index is 14.7. The number of nitrogens with zero attached hydrogens (tertiary/aromatic N) is 1. The van der Waals surface area contributed by atoms with Crippen LogP contribution < -0.4 is 15.4 Å². The summed E-state index contributed by atoms with van der Waals surface area (Å²) in [5, 5.41) is 7.29. The minimum absolute atomic E-state index is 0. The third kappa shape index (κ3) is 22.9. The van der Waals surface area contributed by atoms with Gasteiger partial charge in [-0.2, -0.15) is 0 Å². The number of hydrogen-bond donors (Lipinski definition) is 3. The zero-order chi connectivity index (χ0) is 67.1. The van der Waals surface area contributed by atoms with Gasteiger partial charge >= 0.3 is 27.0 Å². The van der Waals surface area contributed by atoms with Gasteiger partial charge in [0.1, 0.15) is 10.0 Å². The summed E-state index contributed by atoms with van der Waals surface area (Å²) in [6.07, 6.45) is 6.47. The number of halogens is 1. The van der Waals surface area contributed by atoms with Crippen LogP contribution in [0, 0.1) is 14.4 Å². The summed E-state index contributed by atoms with van der Waals surface area (Å²) in [5.41, 5.74) is 14.4. The van der Waals surface area contributed by atoms with Gasteiger partial charge in [-0.15, -0.1) is 0 Å². The van der Waals surface area contributed by atoms with Gasteiger partial charge in [0, 0.05) is 19.1 Å². The molecule has 0 aliphatic heterocycles. The van der Waals surface area contributed by atoms with Gasteiger partial charge in [0.05, 0.1) is 48.3 Å². The molecular formula is C79H104ClN4O6RuS2+. The molecule has 1 aliphatic carbocycles. The van der Waals surface area contributed by atoms with Crippen molar-refractivity contribution >= 4 is 29.7 Å². The van der Waals surface area contributed by atoms with E-state index in [2.05, 4.69) is 195 Å². The van der Waals surface area contributed by atoms with Crippen LogP contribution in [-0.2, 0) is 53.4 Å². The van der Waals surface area contributed by atoms with Gasteiger partial charge in [0.25, 0.3) is 0 Å². The van der Waals surface area contributed by atoms with Crippen LogP contribution in [0.2, 0.25) is 0 Å². The standard InChI is InChI=1S/C39H52N2O3S.C39H49N2O3S.CH3.ClH.Ru/c2*1-27(2)34-24-35(28(3)4)39(36(25-34)29(5)6)45(42,43)41-38(33-16-12-9-13-17-33)37(32-14-10-8-11-15-32)40-22-23-44-26-31-20-18-30(7)19-21-31;;;/h8-18,21,24-25,27-29,37-38,40-41H,19-20,22-23,26H2,1-7H3;8-21,24-25,27-29,37-38,40H,22-23,26H2,1-7H3;1H3;1H;/q;2*-1;;+4/p-1/t2*37-,38-;;;/m00.../s1. The molecule has 0 fully saturated rings. The molecule has 0 aromatic heterocycles. The molecule has 10 nitrogen and oxygen atoms in total. The summed E-state index contributed by atoms with van der Waals surface area (Å²) in [4.78, 5) is 0.768. The molecule has 0 bridgehead atoms. The van der Waals surface area contributed by atoms with Crippen molar-refractivity contribution in [3.05, 3.63) is 272 Å². The van der Waals surface area contributed by atoms with Crippen LogP contribution in [0.1, 0.15) is 229 Å². The summed E-state index contributed by atoms with van der Waals surface area (Å²) < 4.78 is 78.7. The molecule has 93 heavy (non-hydrogen) atoms. The van der Waals surface area contributed by atoms with Crippen molar-refractivity contribution in [3.8, 4) is 0 Å². The number of hydrogen-bond acceptors (Lipinski definition) is 8. The molecule has 7 aromatic rings. The normalized spacial score (nSPS) is 14.0. The molecule has 0 unspecified atom stereocenters. The van der Waals surface area contributed by atoms with Crippen LogP contribution in [0.5, 0.6) is 0 Å². The Morgan fingerprint density at radius 3 is 1.25 bits per heavy atom. The number of nitrogens with one attached hydrogen (secondary N) is 3. The summed E-state index contributed by atoms with van der Waals surface area (Å²) >= 11 is 1.82. The fraction of sp³-hybridized carbons (Fsp3) is 0.405. The second-order valence-electron chi connectivity index (χ2n) is 26.0. The van der Waals surface area contributed by atoms with Crippen molar-refractivity contribution < 1.29 is 43.6 Å². The van der Waals surface area contributed by atoms with E-state index >= 15 is 0 Å². The van der Waals surface area contributed by atoms with Crippen LogP contribution in [0.3, 0.4) is 0 Å². The number of allylic oxidation sites excluding steroid dienone is 3. The first kappa shape index (κ1) is 78.3. The Morgan fingerprint density at radius 2 is 0.839 bits per heavy atom. The topological polar surface area (TPSA) is 137 Å². The molecule has 0 spiro atoms. The molecule has 0 amide bonds. The first-order chi connectivity index (χ1) is 43.9. The van der Waals surface area contributed by atoms with Crippen LogP contribution in [0.15, 0.2) is 203 Å². The maximum absolute atomic E-state index is 14.7. The Hall–Kier alpha value is -5.41. The van der Waals surface area contributed by atoms with E-state index in [9.17, 15) is 16.8 Å². The van der Waals surface area contributed by atoms with E-state index in [1.54, 1.807) is 0 Å². The average molecular weight is 1410 g/mol. The quantitative estimate of drug-likeness (QED) is 0.0175. The van der Waals surface area contributed by atoms with Gasteiger partial charge in [0.2, 0.25) is 10.0 Å². The molecule has 8 rings (SSSR count). The first-order valence-corrected chi connectivity index (χ1v) is 37.8. The van der Waals surface area contributed by atoms with Crippen LogP contribution in [-0.4, -0.2) is 49.7 Å². The van der Waals surface area contributed by atoms with E-state index in [0.717, 1.165) is 68.5 Å². The van der Waals surface area contributed by atoms with Crippen LogP contribution in [0.4, 0.5) is 0 Å². The molecule has 0 radical (unpaired) electrons. The first-order valence-electron chi connectivity index (χ1n) is 32.6. The Labute approximate surface area is 575 Å². The SMILES string of the molecule is CC1=CCC(COCCN[C@@H](c2ccccc2)[C@@H](NS(=O)(=O)c2c(C(C)C)cc(C(C)C)cc2C(C)C)c2ccccc2)=CC1.Cc1ccc(COCCN[C@@H](c2ccccc2)[C@@H]([N-]S(=O)(=O)c2c(C(C)C)cc(C(C)C)cc2C(C)C)c2ccccc2)cc1.[CH3-].[Cl][Ru+3]. The number of ether oxygens (including phenoxy) is 2. The minimum atomic E-state index is -4.08. The predicted octanol–water partition coefficient (Wildman–Crippen LogP) is 19.9. The molecule has 502 valence electrons. The molecule has 4 atom stereocenters. The zero-order valence-electron chi connectivity index (χ0n) is 57.7. The van der Waals surface area contributed by atoms with Gasteiger partial charge in [-0.05, 0) is 123 Å². The predicted molar refractivity (Wildman–Crippen MR) is 386 cm³/mol. The van der Waals surface area contributed by atoms with Crippen molar-refractivity contribution in [2.45, 2.75) is 186 Å². The van der Waals surface area contributed by atoms with E-state index < -0.39 is 38.2 Å². The summed E-state index contributed by atoms with van der Waals surface area (Å²) in [5.74, 6) is 0.704. The number of aryl methyl sites for hydroxylation is 1.